The van der Waals surface area contributed by atoms with E-state index in [1.807, 2.05) is 30.3 Å². The maximum atomic E-state index is 12.7. The summed E-state index contributed by atoms with van der Waals surface area (Å²) in [7, 11) is 0. The van der Waals surface area contributed by atoms with Crippen molar-refractivity contribution in [1.82, 2.24) is 14.9 Å². The van der Waals surface area contributed by atoms with Crippen LogP contribution >= 0.6 is 11.6 Å². The van der Waals surface area contributed by atoms with Crippen molar-refractivity contribution in [2.24, 2.45) is 0 Å². The summed E-state index contributed by atoms with van der Waals surface area (Å²) in [5, 5.41) is 0.660. The fraction of sp³-hybridized carbons (Fsp3) is 0.217. The van der Waals surface area contributed by atoms with Gasteiger partial charge in [0.05, 0.1) is 11.3 Å². The van der Waals surface area contributed by atoms with Crippen LogP contribution in [0, 0.1) is 0 Å². The zero-order valence-corrected chi connectivity index (χ0v) is 16.6. The predicted molar refractivity (Wildman–Crippen MR) is 114 cm³/mol. The molecule has 1 N–H and O–H groups in total. The van der Waals surface area contributed by atoms with Crippen molar-refractivity contribution < 1.29 is 4.74 Å². The lowest BCUT2D eigenvalue weighted by Gasteiger charge is -2.29. The maximum Gasteiger partial charge on any atom is 0.255 e. The molecular formula is C23H20ClN3O2. The first-order valence-corrected chi connectivity index (χ1v) is 10.1. The zero-order valence-electron chi connectivity index (χ0n) is 15.8. The minimum Gasteiger partial charge on any atom is -0.489 e. The molecule has 3 heterocycles. The summed E-state index contributed by atoms with van der Waals surface area (Å²) >= 11 is 5.96. The van der Waals surface area contributed by atoms with Gasteiger partial charge in [0, 0.05) is 42.2 Å². The Hall–Kier alpha value is -2.89. The minimum absolute atomic E-state index is 0.0659. The third-order valence-corrected chi connectivity index (χ3v) is 5.64. The van der Waals surface area contributed by atoms with Gasteiger partial charge in [0.1, 0.15) is 18.2 Å². The van der Waals surface area contributed by atoms with Gasteiger partial charge in [0.2, 0.25) is 0 Å². The van der Waals surface area contributed by atoms with Gasteiger partial charge in [0.25, 0.3) is 5.56 Å². The van der Waals surface area contributed by atoms with Crippen LogP contribution in [0.15, 0.2) is 58.9 Å². The van der Waals surface area contributed by atoms with Crippen molar-refractivity contribution in [3.05, 3.63) is 86.3 Å². The Kier molecular flexibility index (Phi) is 4.70. The number of fused-ring (bicyclic) bond motifs is 2. The number of aromatic amines is 1. The first-order chi connectivity index (χ1) is 14.2. The summed E-state index contributed by atoms with van der Waals surface area (Å²) in [4.78, 5) is 22.7. The van der Waals surface area contributed by atoms with Gasteiger partial charge in [-0.05, 0) is 42.0 Å². The molecule has 0 radical (unpaired) electrons. The topological polar surface area (TPSA) is 58.2 Å². The molecule has 0 bridgehead atoms. The molecule has 29 heavy (non-hydrogen) atoms. The molecule has 3 aromatic rings. The van der Waals surface area contributed by atoms with Crippen LogP contribution in [0.5, 0.6) is 5.75 Å². The van der Waals surface area contributed by atoms with Crippen LogP contribution in [0.4, 0.5) is 0 Å². The number of aromatic nitrogens is 2. The largest absolute Gasteiger partial charge is 0.489 e. The second-order valence-electron chi connectivity index (χ2n) is 7.44. The van der Waals surface area contributed by atoms with E-state index in [0.29, 0.717) is 24.0 Å². The molecule has 5 nitrogen and oxygen atoms in total. The maximum absolute atomic E-state index is 12.7. The number of para-hydroxylation sites is 1. The monoisotopic (exact) mass is 405 g/mol. The van der Waals surface area contributed by atoms with E-state index in [0.717, 1.165) is 47.6 Å². The molecule has 0 fully saturated rings. The fourth-order valence-electron chi connectivity index (χ4n) is 3.90. The average Bonchev–Trinajstić information content (AvgIpc) is 2.74. The van der Waals surface area contributed by atoms with Gasteiger partial charge in [0.15, 0.2) is 0 Å². The second-order valence-corrected chi connectivity index (χ2v) is 7.87. The Morgan fingerprint density at radius 2 is 1.97 bits per heavy atom. The first-order valence-electron chi connectivity index (χ1n) is 9.67. The number of nitrogens with one attached hydrogen (secondary N) is 1. The van der Waals surface area contributed by atoms with Gasteiger partial charge in [-0.2, -0.15) is 0 Å². The molecule has 0 saturated heterocycles. The minimum atomic E-state index is -0.0659. The highest BCUT2D eigenvalue weighted by Crippen LogP contribution is 2.27. The van der Waals surface area contributed by atoms with Gasteiger partial charge in [-0.25, -0.2) is 4.98 Å². The Balaban J connectivity index is 1.36. The molecule has 146 valence electrons. The van der Waals surface area contributed by atoms with Crippen molar-refractivity contribution in [3.8, 4) is 17.1 Å². The van der Waals surface area contributed by atoms with Crippen LogP contribution in [0.1, 0.15) is 16.8 Å². The van der Waals surface area contributed by atoms with Crippen molar-refractivity contribution in [2.75, 3.05) is 19.7 Å². The summed E-state index contributed by atoms with van der Waals surface area (Å²) in [5.41, 5.74) is 4.76. The van der Waals surface area contributed by atoms with Crippen molar-refractivity contribution in [1.29, 1.82) is 0 Å². The van der Waals surface area contributed by atoms with Crippen molar-refractivity contribution in [3.63, 3.8) is 0 Å². The summed E-state index contributed by atoms with van der Waals surface area (Å²) in [6.07, 6.45) is 2.95. The molecule has 2 aromatic carbocycles. The normalized spacial score (nSPS) is 15.8. The molecule has 0 aliphatic carbocycles. The molecule has 1 aromatic heterocycles. The van der Waals surface area contributed by atoms with Crippen LogP contribution in [-0.4, -0.2) is 34.6 Å². The lowest BCUT2D eigenvalue weighted by Crippen LogP contribution is -2.37. The molecule has 0 unspecified atom stereocenters. The van der Waals surface area contributed by atoms with E-state index in [2.05, 4.69) is 22.0 Å². The molecular weight excluding hydrogens is 386 g/mol. The Morgan fingerprint density at radius 3 is 2.83 bits per heavy atom. The highest BCUT2D eigenvalue weighted by molar-refractivity contribution is 6.30. The van der Waals surface area contributed by atoms with Crippen LogP contribution in [-0.2, 0) is 13.0 Å². The molecule has 0 saturated carbocycles. The number of ether oxygens (including phenoxy) is 1. The van der Waals surface area contributed by atoms with Crippen LogP contribution < -0.4 is 10.3 Å². The van der Waals surface area contributed by atoms with E-state index in [-0.39, 0.29) is 5.56 Å². The Morgan fingerprint density at radius 1 is 1.14 bits per heavy atom. The van der Waals surface area contributed by atoms with Gasteiger partial charge in [-0.1, -0.05) is 29.8 Å². The van der Waals surface area contributed by atoms with E-state index in [4.69, 9.17) is 21.3 Å². The number of benzene rings is 2. The van der Waals surface area contributed by atoms with Crippen molar-refractivity contribution in [2.45, 2.75) is 13.0 Å². The highest BCUT2D eigenvalue weighted by Gasteiger charge is 2.23. The molecule has 2 aliphatic heterocycles. The average molecular weight is 406 g/mol. The van der Waals surface area contributed by atoms with Crippen molar-refractivity contribution >= 4 is 17.7 Å². The third kappa shape index (κ3) is 3.71. The summed E-state index contributed by atoms with van der Waals surface area (Å²) in [5.74, 6) is 1.52. The molecule has 0 amide bonds. The van der Waals surface area contributed by atoms with Gasteiger partial charge in [-0.3, -0.25) is 9.69 Å². The smallest absolute Gasteiger partial charge is 0.255 e. The number of nitrogens with zero attached hydrogens (tertiary/aromatic N) is 2. The van der Waals surface area contributed by atoms with Gasteiger partial charge >= 0.3 is 0 Å². The highest BCUT2D eigenvalue weighted by atomic mass is 35.5. The quantitative estimate of drug-likeness (QED) is 0.717. The van der Waals surface area contributed by atoms with Crippen LogP contribution in [0.3, 0.4) is 0 Å². The summed E-state index contributed by atoms with van der Waals surface area (Å²) in [6.45, 7) is 2.83. The van der Waals surface area contributed by atoms with Gasteiger partial charge in [-0.15, -0.1) is 0 Å². The fourth-order valence-corrected chi connectivity index (χ4v) is 4.03. The lowest BCUT2D eigenvalue weighted by atomic mass is 10.0. The molecule has 0 spiro atoms. The van der Waals surface area contributed by atoms with Crippen LogP contribution in [0.2, 0.25) is 5.02 Å². The van der Waals surface area contributed by atoms with Gasteiger partial charge < -0.3 is 9.72 Å². The number of halogens is 1. The van der Waals surface area contributed by atoms with E-state index >= 15 is 0 Å². The van der Waals surface area contributed by atoms with E-state index in [1.165, 1.54) is 5.57 Å². The summed E-state index contributed by atoms with van der Waals surface area (Å²) < 4.78 is 5.86. The van der Waals surface area contributed by atoms with Crippen LogP contribution in [0.25, 0.3) is 17.5 Å². The number of H-pyrrole nitrogens is 1. The van der Waals surface area contributed by atoms with E-state index < -0.39 is 0 Å². The second kappa shape index (κ2) is 7.50. The third-order valence-electron chi connectivity index (χ3n) is 5.38. The SMILES string of the molecule is O=c1[nH]c(-c2ccc(Cl)cc2)nc2c1CN(CC1=Cc3ccccc3OC1)CC2. The number of hydrogen-bond acceptors (Lipinski definition) is 4. The zero-order chi connectivity index (χ0) is 19.8. The molecule has 5 rings (SSSR count). The standard InChI is InChI=1S/C23H20ClN3O2/c24-18-7-5-16(6-8-18)22-25-20-9-10-27(13-19(20)23(28)26-22)12-15-11-17-3-1-2-4-21(17)29-14-15/h1-8,11H,9-10,12-14H2,(H,25,26,28). The number of rotatable bonds is 3. The first kappa shape index (κ1) is 18.2. The van der Waals surface area contributed by atoms with E-state index in [9.17, 15) is 4.79 Å². The van der Waals surface area contributed by atoms with E-state index in [1.54, 1.807) is 12.1 Å². The molecule has 6 heteroatoms. The lowest BCUT2D eigenvalue weighted by molar-refractivity contribution is 0.254. The number of hydrogen-bond donors (Lipinski definition) is 1. The summed E-state index contributed by atoms with van der Waals surface area (Å²) in [6, 6.07) is 15.4. The Labute approximate surface area is 173 Å². The molecule has 0 atom stereocenters. The predicted octanol–water partition coefficient (Wildman–Crippen LogP) is 3.92. The molecule has 2 aliphatic rings. The Bertz CT molecular complexity index is 1150.